The van der Waals surface area contributed by atoms with Crippen LogP contribution < -0.4 is 5.32 Å². The Morgan fingerprint density at radius 2 is 1.88 bits per heavy atom. The molecule has 0 atom stereocenters. The average Bonchev–Trinajstić information content (AvgIpc) is 3.06. The number of carbonyl (C=O) groups excluding carboxylic acids is 1. The molecule has 1 aromatic rings. The highest BCUT2D eigenvalue weighted by Crippen LogP contribution is 2.23. The second-order valence-electron chi connectivity index (χ2n) is 6.27. The van der Waals surface area contributed by atoms with Crippen LogP contribution in [0, 0.1) is 6.92 Å². The van der Waals surface area contributed by atoms with Crippen molar-refractivity contribution in [1.29, 1.82) is 0 Å². The molecular formula is C19H21N5O. The van der Waals surface area contributed by atoms with Gasteiger partial charge in [-0.15, -0.1) is 0 Å². The van der Waals surface area contributed by atoms with Crippen LogP contribution in [0.5, 0.6) is 0 Å². The summed E-state index contributed by atoms with van der Waals surface area (Å²) in [6, 6.07) is 0. The number of allylic oxidation sites excluding steroid dienone is 6. The SMILES string of the molecule is Cc1cn(C2=C\C(=O)N3C=C(N4CCNCC4)C=C\C3=C/C=C/2)cn1. The molecule has 3 aliphatic rings. The number of imidazole rings is 1. The van der Waals surface area contributed by atoms with Crippen molar-refractivity contribution in [3.63, 3.8) is 0 Å². The molecule has 4 heterocycles. The summed E-state index contributed by atoms with van der Waals surface area (Å²) in [5.41, 5.74) is 3.66. The van der Waals surface area contributed by atoms with Crippen molar-refractivity contribution in [3.05, 3.63) is 72.3 Å². The molecule has 0 bridgehead atoms. The summed E-state index contributed by atoms with van der Waals surface area (Å²) in [6.07, 6.45) is 17.1. The third kappa shape index (κ3) is 3.21. The number of rotatable bonds is 2. The Kier molecular flexibility index (Phi) is 4.11. The van der Waals surface area contributed by atoms with E-state index in [9.17, 15) is 4.79 Å². The minimum atomic E-state index is -0.0612. The Hall–Kier alpha value is -2.86. The normalized spacial score (nSPS) is 26.0. The third-order valence-corrected chi connectivity index (χ3v) is 4.50. The summed E-state index contributed by atoms with van der Waals surface area (Å²) < 4.78 is 1.86. The fourth-order valence-electron chi connectivity index (χ4n) is 3.15. The van der Waals surface area contributed by atoms with Gasteiger partial charge in [0.2, 0.25) is 0 Å². The molecule has 1 fully saturated rings. The zero-order valence-corrected chi connectivity index (χ0v) is 14.2. The minimum absolute atomic E-state index is 0.0612. The van der Waals surface area contributed by atoms with Gasteiger partial charge in [0.1, 0.15) is 0 Å². The number of aryl methyl sites for hydroxylation is 1. The number of nitrogens with one attached hydrogen (secondary N) is 1. The van der Waals surface area contributed by atoms with Crippen LogP contribution in [0.3, 0.4) is 0 Å². The quantitative estimate of drug-likeness (QED) is 0.893. The zero-order valence-electron chi connectivity index (χ0n) is 14.2. The van der Waals surface area contributed by atoms with Crippen molar-refractivity contribution >= 4 is 11.6 Å². The number of hydrogen-bond donors (Lipinski definition) is 1. The predicted octanol–water partition coefficient (Wildman–Crippen LogP) is 1.63. The second-order valence-corrected chi connectivity index (χ2v) is 6.27. The molecule has 0 radical (unpaired) electrons. The second kappa shape index (κ2) is 6.57. The van der Waals surface area contributed by atoms with Crippen molar-refractivity contribution in [2.45, 2.75) is 6.92 Å². The van der Waals surface area contributed by atoms with Crippen molar-refractivity contribution < 1.29 is 4.79 Å². The molecule has 6 nitrogen and oxygen atoms in total. The van der Waals surface area contributed by atoms with E-state index in [-0.39, 0.29) is 5.91 Å². The lowest BCUT2D eigenvalue weighted by Gasteiger charge is -2.33. The van der Waals surface area contributed by atoms with E-state index >= 15 is 0 Å². The van der Waals surface area contributed by atoms with E-state index in [2.05, 4.69) is 21.3 Å². The van der Waals surface area contributed by atoms with E-state index in [1.807, 2.05) is 48.2 Å². The highest BCUT2D eigenvalue weighted by atomic mass is 16.2. The highest BCUT2D eigenvalue weighted by Gasteiger charge is 2.21. The number of amides is 1. The maximum absolute atomic E-state index is 12.9. The lowest BCUT2D eigenvalue weighted by molar-refractivity contribution is -0.122. The van der Waals surface area contributed by atoms with Crippen molar-refractivity contribution in [2.75, 3.05) is 26.2 Å². The van der Waals surface area contributed by atoms with Gasteiger partial charge in [0, 0.05) is 50.3 Å². The summed E-state index contributed by atoms with van der Waals surface area (Å²) in [5.74, 6) is -0.0612. The van der Waals surface area contributed by atoms with Crippen LogP contribution in [0.1, 0.15) is 5.69 Å². The number of nitrogens with zero attached hydrogens (tertiary/aromatic N) is 4. The van der Waals surface area contributed by atoms with Crippen LogP contribution in [0.25, 0.3) is 5.70 Å². The Morgan fingerprint density at radius 3 is 2.64 bits per heavy atom. The van der Waals surface area contributed by atoms with E-state index in [1.165, 1.54) is 0 Å². The molecule has 6 heteroatoms. The fourth-order valence-corrected chi connectivity index (χ4v) is 3.15. The Morgan fingerprint density at radius 1 is 1.08 bits per heavy atom. The van der Waals surface area contributed by atoms with E-state index < -0.39 is 0 Å². The van der Waals surface area contributed by atoms with Crippen molar-refractivity contribution in [2.24, 2.45) is 0 Å². The first kappa shape index (κ1) is 15.7. The van der Waals surface area contributed by atoms with Gasteiger partial charge >= 0.3 is 0 Å². The number of aromatic nitrogens is 2. The molecule has 25 heavy (non-hydrogen) atoms. The highest BCUT2D eigenvalue weighted by molar-refractivity contribution is 5.96. The van der Waals surface area contributed by atoms with Gasteiger partial charge in [0.25, 0.3) is 5.91 Å². The summed E-state index contributed by atoms with van der Waals surface area (Å²) in [4.78, 5) is 21.1. The Bertz CT molecular complexity index is 834. The molecule has 1 N–H and O–H groups in total. The lowest BCUT2D eigenvalue weighted by atomic mass is 10.1. The smallest absolute Gasteiger partial charge is 0.257 e. The molecule has 0 aromatic carbocycles. The average molecular weight is 335 g/mol. The molecule has 1 saturated heterocycles. The Labute approximate surface area is 147 Å². The van der Waals surface area contributed by atoms with Gasteiger partial charge < -0.3 is 14.8 Å². The molecule has 0 saturated carbocycles. The van der Waals surface area contributed by atoms with E-state index in [0.717, 1.165) is 49.0 Å². The van der Waals surface area contributed by atoms with Crippen molar-refractivity contribution in [3.8, 4) is 0 Å². The molecule has 0 unspecified atom stereocenters. The van der Waals surface area contributed by atoms with E-state index in [1.54, 1.807) is 17.3 Å². The van der Waals surface area contributed by atoms with Crippen molar-refractivity contribution in [1.82, 2.24) is 24.7 Å². The van der Waals surface area contributed by atoms with Gasteiger partial charge in [-0.3, -0.25) is 9.69 Å². The third-order valence-electron chi connectivity index (χ3n) is 4.50. The zero-order chi connectivity index (χ0) is 17.2. The molecule has 0 aliphatic carbocycles. The van der Waals surface area contributed by atoms with E-state index in [0.29, 0.717) is 0 Å². The maximum atomic E-state index is 12.9. The fraction of sp³-hybridized carbons (Fsp3) is 0.263. The number of fused-ring (bicyclic) bond motifs is 1. The van der Waals surface area contributed by atoms with Gasteiger partial charge in [0.05, 0.1) is 23.4 Å². The minimum Gasteiger partial charge on any atom is -0.368 e. The summed E-state index contributed by atoms with van der Waals surface area (Å²) in [5, 5.41) is 3.35. The largest absolute Gasteiger partial charge is 0.368 e. The van der Waals surface area contributed by atoms with Crippen LogP contribution in [0.15, 0.2) is 66.6 Å². The lowest BCUT2D eigenvalue weighted by Crippen LogP contribution is -2.43. The van der Waals surface area contributed by atoms with Gasteiger partial charge in [0.15, 0.2) is 0 Å². The van der Waals surface area contributed by atoms with E-state index in [4.69, 9.17) is 0 Å². The monoisotopic (exact) mass is 335 g/mol. The number of hydrogen-bond acceptors (Lipinski definition) is 4. The molecule has 0 spiro atoms. The van der Waals surface area contributed by atoms with Crippen LogP contribution >= 0.6 is 0 Å². The van der Waals surface area contributed by atoms with Gasteiger partial charge in [-0.1, -0.05) is 6.08 Å². The van der Waals surface area contributed by atoms with Gasteiger partial charge in [-0.05, 0) is 31.2 Å². The van der Waals surface area contributed by atoms with Crippen LogP contribution in [-0.4, -0.2) is 51.4 Å². The van der Waals surface area contributed by atoms with Crippen LogP contribution in [-0.2, 0) is 4.79 Å². The standard InChI is InChI=1S/C19H21N5O/c1-15-12-23(14-21-15)17-4-2-3-16-5-6-18(13-24(16)19(25)11-17)22-9-7-20-8-10-22/h2-6,11-14,20H,7-10H2,1H3/b4-2+,16-3+,17-11+. The molecule has 128 valence electrons. The van der Waals surface area contributed by atoms with Gasteiger partial charge in [-0.25, -0.2) is 4.98 Å². The van der Waals surface area contributed by atoms with Gasteiger partial charge in [-0.2, -0.15) is 0 Å². The van der Waals surface area contributed by atoms with Crippen LogP contribution in [0.2, 0.25) is 0 Å². The topological polar surface area (TPSA) is 53.4 Å². The molecule has 1 amide bonds. The molecule has 1 aromatic heterocycles. The predicted molar refractivity (Wildman–Crippen MR) is 97.0 cm³/mol. The first-order chi connectivity index (χ1) is 12.2. The first-order valence-electron chi connectivity index (χ1n) is 8.50. The summed E-state index contributed by atoms with van der Waals surface area (Å²) in [7, 11) is 0. The van der Waals surface area contributed by atoms with Crippen LogP contribution in [0.4, 0.5) is 0 Å². The number of carbonyl (C=O) groups is 1. The molecular weight excluding hydrogens is 314 g/mol. The summed E-state index contributed by atoms with van der Waals surface area (Å²) >= 11 is 0. The number of piperazine rings is 1. The Balaban J connectivity index is 1.65. The molecule has 4 rings (SSSR count). The first-order valence-corrected chi connectivity index (χ1v) is 8.50. The maximum Gasteiger partial charge on any atom is 0.257 e. The summed E-state index contributed by atoms with van der Waals surface area (Å²) in [6.45, 7) is 5.77. The molecule has 3 aliphatic heterocycles.